The molecule has 2 aromatic rings. The molecule has 0 saturated heterocycles. The summed E-state index contributed by atoms with van der Waals surface area (Å²) in [5.41, 5.74) is 1.57. The van der Waals surface area contributed by atoms with Gasteiger partial charge in [-0.25, -0.2) is 4.79 Å². The van der Waals surface area contributed by atoms with Gasteiger partial charge in [-0.1, -0.05) is 35.5 Å². The summed E-state index contributed by atoms with van der Waals surface area (Å²) in [6, 6.07) is 11.1. The quantitative estimate of drug-likeness (QED) is 0.534. The molecule has 4 nitrogen and oxygen atoms in total. The Bertz CT molecular complexity index is 470. The molecule has 4 heteroatoms. The Kier molecular flexibility index (Phi) is 2.21. The molecule has 0 aliphatic heterocycles. The number of hydrogen-bond acceptors (Lipinski definition) is 4. The van der Waals surface area contributed by atoms with Gasteiger partial charge in [0.25, 0.3) is 5.88 Å². The van der Waals surface area contributed by atoms with E-state index >= 15 is 0 Å². The zero-order valence-electron chi connectivity index (χ0n) is 7.18. The van der Waals surface area contributed by atoms with Crippen molar-refractivity contribution in [2.75, 3.05) is 0 Å². The second-order valence-electron chi connectivity index (χ2n) is 2.62. The standard InChI is InChI=1S/C10H6N2O2/c13-7-11-10-6-9(12-14-10)8-4-2-1-3-5-8/h1-6H. The molecule has 0 bridgehead atoms. The van der Waals surface area contributed by atoms with Gasteiger partial charge in [0.2, 0.25) is 6.08 Å². The number of benzene rings is 1. The molecule has 1 aromatic heterocycles. The number of isocyanates is 1. The molecule has 2 rings (SSSR count). The minimum atomic E-state index is 0.166. The Balaban J connectivity index is 2.39. The van der Waals surface area contributed by atoms with Crippen molar-refractivity contribution in [2.45, 2.75) is 0 Å². The Hall–Kier alpha value is -2.19. The van der Waals surface area contributed by atoms with Crippen molar-refractivity contribution >= 4 is 12.0 Å². The van der Waals surface area contributed by atoms with E-state index in [1.165, 1.54) is 6.08 Å². The maximum Gasteiger partial charge on any atom is 0.261 e. The maximum absolute atomic E-state index is 9.94. The average molecular weight is 186 g/mol. The van der Waals surface area contributed by atoms with Crippen LogP contribution in [0.15, 0.2) is 45.9 Å². The summed E-state index contributed by atoms with van der Waals surface area (Å²) in [6.07, 6.45) is 1.39. The van der Waals surface area contributed by atoms with E-state index in [4.69, 9.17) is 4.52 Å². The van der Waals surface area contributed by atoms with Crippen LogP contribution in [0.5, 0.6) is 0 Å². The Morgan fingerprint density at radius 3 is 2.79 bits per heavy atom. The van der Waals surface area contributed by atoms with Gasteiger partial charge < -0.3 is 4.52 Å². The molecule has 0 atom stereocenters. The second kappa shape index (κ2) is 3.68. The highest BCUT2D eigenvalue weighted by atomic mass is 16.5. The van der Waals surface area contributed by atoms with Gasteiger partial charge in [-0.15, -0.1) is 4.99 Å². The largest absolute Gasteiger partial charge is 0.335 e. The Morgan fingerprint density at radius 2 is 2.07 bits per heavy atom. The van der Waals surface area contributed by atoms with Gasteiger partial charge in [-0.05, 0) is 0 Å². The molecule has 0 aliphatic carbocycles. The first-order valence-electron chi connectivity index (χ1n) is 4.00. The highest BCUT2D eigenvalue weighted by Crippen LogP contribution is 2.22. The van der Waals surface area contributed by atoms with Gasteiger partial charge in [0.1, 0.15) is 5.69 Å². The lowest BCUT2D eigenvalue weighted by Crippen LogP contribution is -1.73. The van der Waals surface area contributed by atoms with Crippen LogP contribution in [0.1, 0.15) is 0 Å². The summed E-state index contributed by atoms with van der Waals surface area (Å²) in [5.74, 6) is 0.166. The third kappa shape index (κ3) is 1.60. The van der Waals surface area contributed by atoms with Crippen molar-refractivity contribution < 1.29 is 9.32 Å². The fraction of sp³-hybridized carbons (Fsp3) is 0. The van der Waals surface area contributed by atoms with Gasteiger partial charge in [-0.2, -0.15) is 0 Å². The van der Waals surface area contributed by atoms with Crippen LogP contribution in [0.25, 0.3) is 11.3 Å². The molecule has 0 saturated carbocycles. The van der Waals surface area contributed by atoms with E-state index in [9.17, 15) is 4.79 Å². The summed E-state index contributed by atoms with van der Waals surface area (Å²) < 4.78 is 4.78. The molecule has 0 N–H and O–H groups in total. The molecule has 0 spiro atoms. The minimum Gasteiger partial charge on any atom is -0.335 e. The Labute approximate surface area is 79.9 Å². The lowest BCUT2D eigenvalue weighted by atomic mass is 10.2. The molecule has 0 amide bonds. The average Bonchev–Trinajstić information content (AvgIpc) is 2.68. The molecule has 14 heavy (non-hydrogen) atoms. The predicted octanol–water partition coefficient (Wildman–Crippen LogP) is 2.31. The van der Waals surface area contributed by atoms with Crippen molar-refractivity contribution in [3.05, 3.63) is 36.4 Å². The summed E-state index contributed by atoms with van der Waals surface area (Å²) in [6.45, 7) is 0. The molecule has 0 radical (unpaired) electrons. The van der Waals surface area contributed by atoms with E-state index in [-0.39, 0.29) is 5.88 Å². The van der Waals surface area contributed by atoms with Crippen LogP contribution < -0.4 is 0 Å². The number of nitrogens with zero attached hydrogens (tertiary/aromatic N) is 2. The number of rotatable bonds is 2. The molecule has 0 unspecified atom stereocenters. The van der Waals surface area contributed by atoms with Crippen molar-refractivity contribution in [1.82, 2.24) is 5.16 Å². The molecule has 1 heterocycles. The van der Waals surface area contributed by atoms with Crippen LogP contribution in [0, 0.1) is 0 Å². The van der Waals surface area contributed by atoms with Crippen LogP contribution in [-0.4, -0.2) is 11.2 Å². The Morgan fingerprint density at radius 1 is 1.29 bits per heavy atom. The van der Waals surface area contributed by atoms with Crippen LogP contribution >= 0.6 is 0 Å². The summed E-state index contributed by atoms with van der Waals surface area (Å²) in [5, 5.41) is 3.76. The first kappa shape index (κ1) is 8.41. The SMILES string of the molecule is O=C=Nc1cc(-c2ccccc2)no1. The number of carbonyl (C=O) groups excluding carboxylic acids is 1. The summed E-state index contributed by atoms with van der Waals surface area (Å²) in [4.78, 5) is 13.3. The van der Waals surface area contributed by atoms with E-state index in [1.54, 1.807) is 6.07 Å². The normalized spacial score (nSPS) is 9.43. The maximum atomic E-state index is 9.94. The number of hydrogen-bond donors (Lipinski definition) is 0. The first-order valence-corrected chi connectivity index (χ1v) is 4.00. The fourth-order valence-electron chi connectivity index (χ4n) is 1.11. The third-order valence-electron chi connectivity index (χ3n) is 1.72. The fourth-order valence-corrected chi connectivity index (χ4v) is 1.11. The lowest BCUT2D eigenvalue weighted by Gasteiger charge is -1.90. The second-order valence-corrected chi connectivity index (χ2v) is 2.62. The molecule has 1 aromatic carbocycles. The third-order valence-corrected chi connectivity index (χ3v) is 1.72. The highest BCUT2D eigenvalue weighted by molar-refractivity contribution is 5.61. The van der Waals surface area contributed by atoms with Crippen molar-refractivity contribution in [1.29, 1.82) is 0 Å². The summed E-state index contributed by atoms with van der Waals surface area (Å²) >= 11 is 0. The molecular formula is C10H6N2O2. The topological polar surface area (TPSA) is 55.5 Å². The van der Waals surface area contributed by atoms with Gasteiger partial charge >= 0.3 is 0 Å². The van der Waals surface area contributed by atoms with Gasteiger partial charge in [0, 0.05) is 11.6 Å². The van der Waals surface area contributed by atoms with Gasteiger partial charge in [0.05, 0.1) is 0 Å². The zero-order valence-corrected chi connectivity index (χ0v) is 7.18. The van der Waals surface area contributed by atoms with E-state index in [2.05, 4.69) is 10.1 Å². The minimum absolute atomic E-state index is 0.166. The zero-order chi connectivity index (χ0) is 9.80. The van der Waals surface area contributed by atoms with Crippen LogP contribution in [0.4, 0.5) is 5.88 Å². The van der Waals surface area contributed by atoms with E-state index < -0.39 is 0 Å². The van der Waals surface area contributed by atoms with E-state index in [1.807, 2.05) is 30.3 Å². The smallest absolute Gasteiger partial charge is 0.261 e. The van der Waals surface area contributed by atoms with E-state index in [0.29, 0.717) is 5.69 Å². The van der Waals surface area contributed by atoms with E-state index in [0.717, 1.165) is 5.56 Å². The molecule has 0 aliphatic rings. The number of aliphatic imine (C=N–C) groups is 1. The van der Waals surface area contributed by atoms with Gasteiger partial charge in [-0.3, -0.25) is 0 Å². The summed E-state index contributed by atoms with van der Waals surface area (Å²) in [7, 11) is 0. The molecule has 68 valence electrons. The van der Waals surface area contributed by atoms with Gasteiger partial charge in [0.15, 0.2) is 0 Å². The lowest BCUT2D eigenvalue weighted by molar-refractivity contribution is 0.432. The molecule has 0 fully saturated rings. The van der Waals surface area contributed by atoms with Crippen molar-refractivity contribution in [3.63, 3.8) is 0 Å². The number of aromatic nitrogens is 1. The highest BCUT2D eigenvalue weighted by Gasteiger charge is 2.03. The molecular weight excluding hydrogens is 180 g/mol. The monoisotopic (exact) mass is 186 g/mol. The van der Waals surface area contributed by atoms with Crippen molar-refractivity contribution in [3.8, 4) is 11.3 Å². The van der Waals surface area contributed by atoms with Crippen LogP contribution in [0.3, 0.4) is 0 Å². The first-order chi connectivity index (χ1) is 6.90. The predicted molar refractivity (Wildman–Crippen MR) is 49.7 cm³/mol. The van der Waals surface area contributed by atoms with Crippen LogP contribution in [-0.2, 0) is 4.79 Å². The van der Waals surface area contributed by atoms with Crippen molar-refractivity contribution in [2.24, 2.45) is 4.99 Å². The van der Waals surface area contributed by atoms with Crippen LogP contribution in [0.2, 0.25) is 0 Å².